The summed E-state index contributed by atoms with van der Waals surface area (Å²) in [4.78, 5) is 33.0. The molecule has 0 bridgehead atoms. The number of imidazole rings is 1. The van der Waals surface area contributed by atoms with Crippen molar-refractivity contribution in [3.8, 4) is 0 Å². The van der Waals surface area contributed by atoms with E-state index in [4.69, 9.17) is 9.90 Å². The summed E-state index contributed by atoms with van der Waals surface area (Å²) < 4.78 is 33.6. The summed E-state index contributed by atoms with van der Waals surface area (Å²) in [5.74, 6) is -2.81. The third kappa shape index (κ3) is 6.01. The fourth-order valence-corrected chi connectivity index (χ4v) is 3.09. The van der Waals surface area contributed by atoms with Gasteiger partial charge >= 0.3 is 12.1 Å². The highest BCUT2D eigenvalue weighted by Gasteiger charge is 2.38. The van der Waals surface area contributed by atoms with Crippen LogP contribution in [0.15, 0.2) is 30.0 Å². The summed E-state index contributed by atoms with van der Waals surface area (Å²) in [6.45, 7) is 4.67. The predicted molar refractivity (Wildman–Crippen MR) is 101 cm³/mol. The van der Waals surface area contributed by atoms with Gasteiger partial charge in [0.2, 0.25) is 0 Å². The van der Waals surface area contributed by atoms with Crippen LogP contribution in [0.2, 0.25) is 0 Å². The lowest BCUT2D eigenvalue weighted by atomic mass is 10.3. The number of aliphatic carboxylic acids is 1. The second kappa shape index (κ2) is 9.03. The standard InChI is InChI=1S/C16H18N4OS.C2HF3O2/c1-11-4-7-20-9-13(18-15(20)8-11)16(21)19(3)6-5-14-12(2)17-10-22-14;3-2(4,5)1(6)7/h4,7-10H,5-6H2,1-3H3;(H,6,7). The van der Waals surface area contributed by atoms with E-state index < -0.39 is 12.1 Å². The van der Waals surface area contributed by atoms with Crippen LogP contribution in [0, 0.1) is 13.8 Å². The Hall–Kier alpha value is -2.95. The van der Waals surface area contributed by atoms with Gasteiger partial charge in [-0.25, -0.2) is 14.8 Å². The van der Waals surface area contributed by atoms with Gasteiger partial charge in [-0.05, 0) is 31.5 Å². The summed E-state index contributed by atoms with van der Waals surface area (Å²) in [7, 11) is 1.81. The normalized spacial score (nSPS) is 11.1. The molecule has 0 spiro atoms. The number of fused-ring (bicyclic) bond motifs is 1. The third-order valence-electron chi connectivity index (χ3n) is 3.94. The molecule has 0 saturated heterocycles. The molecule has 1 amide bonds. The Bertz CT molecular complexity index is 1010. The Balaban J connectivity index is 0.000000370. The summed E-state index contributed by atoms with van der Waals surface area (Å²) in [6.07, 6.45) is -0.550. The zero-order chi connectivity index (χ0) is 21.8. The van der Waals surface area contributed by atoms with E-state index >= 15 is 0 Å². The molecule has 0 unspecified atom stereocenters. The first-order valence-corrected chi connectivity index (χ1v) is 9.27. The van der Waals surface area contributed by atoms with E-state index in [1.165, 1.54) is 4.88 Å². The van der Waals surface area contributed by atoms with Crippen molar-refractivity contribution in [2.24, 2.45) is 0 Å². The number of hydrogen-bond donors (Lipinski definition) is 1. The number of pyridine rings is 1. The SMILES string of the molecule is Cc1ccn2cc(C(=O)N(C)CCc3scnc3C)nc2c1.O=C(O)C(F)(F)F. The van der Waals surface area contributed by atoms with E-state index in [2.05, 4.69) is 9.97 Å². The van der Waals surface area contributed by atoms with Crippen molar-refractivity contribution < 1.29 is 27.9 Å². The van der Waals surface area contributed by atoms with Crippen molar-refractivity contribution in [1.29, 1.82) is 0 Å². The molecule has 7 nitrogen and oxygen atoms in total. The smallest absolute Gasteiger partial charge is 0.475 e. The minimum Gasteiger partial charge on any atom is -0.475 e. The molecule has 156 valence electrons. The van der Waals surface area contributed by atoms with Crippen LogP contribution in [-0.2, 0) is 11.2 Å². The van der Waals surface area contributed by atoms with Crippen molar-refractivity contribution in [2.75, 3.05) is 13.6 Å². The highest BCUT2D eigenvalue weighted by molar-refractivity contribution is 7.09. The van der Waals surface area contributed by atoms with Crippen LogP contribution in [0.5, 0.6) is 0 Å². The fraction of sp³-hybridized carbons (Fsp3) is 0.333. The van der Waals surface area contributed by atoms with E-state index in [1.54, 1.807) is 22.4 Å². The Labute approximate surface area is 168 Å². The van der Waals surface area contributed by atoms with Crippen LogP contribution in [0.25, 0.3) is 5.65 Å². The maximum atomic E-state index is 12.5. The van der Waals surface area contributed by atoms with Crippen LogP contribution >= 0.6 is 11.3 Å². The number of likely N-dealkylation sites (N-methyl/N-ethyl adjacent to an activating group) is 1. The summed E-state index contributed by atoms with van der Waals surface area (Å²) >= 11 is 1.64. The average Bonchev–Trinajstić information content (AvgIpc) is 3.24. The molecule has 0 atom stereocenters. The molecule has 3 rings (SSSR count). The van der Waals surface area contributed by atoms with Crippen molar-refractivity contribution in [2.45, 2.75) is 26.4 Å². The molecule has 3 aromatic heterocycles. The van der Waals surface area contributed by atoms with Crippen molar-refractivity contribution in [1.82, 2.24) is 19.3 Å². The molecule has 0 aliphatic carbocycles. The molecule has 0 radical (unpaired) electrons. The third-order valence-corrected chi connectivity index (χ3v) is 4.94. The molecule has 11 heteroatoms. The van der Waals surface area contributed by atoms with Crippen LogP contribution in [0.1, 0.15) is 26.6 Å². The van der Waals surface area contributed by atoms with E-state index in [1.807, 2.05) is 49.1 Å². The van der Waals surface area contributed by atoms with Gasteiger partial charge < -0.3 is 14.4 Å². The molecule has 0 aliphatic heterocycles. The number of carboxylic acid groups (broad SMARTS) is 1. The number of thiazole rings is 1. The van der Waals surface area contributed by atoms with Gasteiger partial charge in [-0.1, -0.05) is 0 Å². The Morgan fingerprint density at radius 3 is 2.52 bits per heavy atom. The van der Waals surface area contributed by atoms with Gasteiger partial charge in [-0.2, -0.15) is 13.2 Å². The molecule has 0 fully saturated rings. The van der Waals surface area contributed by atoms with Crippen LogP contribution in [-0.4, -0.2) is 56.0 Å². The first-order chi connectivity index (χ1) is 13.5. The quantitative estimate of drug-likeness (QED) is 0.689. The van der Waals surface area contributed by atoms with Gasteiger partial charge in [-0.3, -0.25) is 4.79 Å². The molecule has 29 heavy (non-hydrogen) atoms. The zero-order valence-corrected chi connectivity index (χ0v) is 16.7. The van der Waals surface area contributed by atoms with Gasteiger partial charge in [0.15, 0.2) is 0 Å². The molecule has 3 aromatic rings. The molecule has 0 aromatic carbocycles. The molecule has 1 N–H and O–H groups in total. The second-order valence-electron chi connectivity index (χ2n) is 6.24. The molecule has 3 heterocycles. The number of aromatic nitrogens is 3. The highest BCUT2D eigenvalue weighted by Crippen LogP contribution is 2.14. The van der Waals surface area contributed by atoms with Crippen molar-refractivity contribution in [3.63, 3.8) is 0 Å². The molecule has 0 saturated carbocycles. The van der Waals surface area contributed by atoms with Gasteiger partial charge in [-0.15, -0.1) is 11.3 Å². The number of alkyl halides is 3. The van der Waals surface area contributed by atoms with E-state index in [9.17, 15) is 18.0 Å². The molecular weight excluding hydrogens is 409 g/mol. The van der Waals surface area contributed by atoms with Crippen molar-refractivity contribution >= 4 is 28.9 Å². The lowest BCUT2D eigenvalue weighted by molar-refractivity contribution is -0.192. The summed E-state index contributed by atoms with van der Waals surface area (Å²) in [6, 6.07) is 3.97. The number of carboxylic acids is 1. The van der Waals surface area contributed by atoms with Crippen LogP contribution < -0.4 is 0 Å². The Kier molecular flexibility index (Phi) is 6.96. The fourth-order valence-electron chi connectivity index (χ4n) is 2.32. The summed E-state index contributed by atoms with van der Waals surface area (Å²) in [5, 5.41) is 7.12. The topological polar surface area (TPSA) is 87.8 Å². The van der Waals surface area contributed by atoms with Gasteiger partial charge in [0.25, 0.3) is 5.91 Å². The van der Waals surface area contributed by atoms with E-state index in [0.29, 0.717) is 12.2 Å². The number of carbonyl (C=O) groups excluding carboxylic acids is 1. The number of rotatable bonds is 4. The number of aryl methyl sites for hydroxylation is 2. The molecule has 0 aliphatic rings. The van der Waals surface area contributed by atoms with Crippen molar-refractivity contribution in [3.05, 3.63) is 51.9 Å². The number of carbonyl (C=O) groups is 2. The molecular formula is C18H19F3N4O3S. The zero-order valence-electron chi connectivity index (χ0n) is 15.9. The lowest BCUT2D eigenvalue weighted by Crippen LogP contribution is -2.29. The van der Waals surface area contributed by atoms with Crippen LogP contribution in [0.4, 0.5) is 13.2 Å². The minimum absolute atomic E-state index is 0.0523. The van der Waals surface area contributed by atoms with E-state index in [0.717, 1.165) is 23.3 Å². The number of hydrogen-bond acceptors (Lipinski definition) is 5. The average molecular weight is 428 g/mol. The number of nitrogens with zero attached hydrogens (tertiary/aromatic N) is 4. The van der Waals surface area contributed by atoms with Gasteiger partial charge in [0.05, 0.1) is 11.2 Å². The lowest BCUT2D eigenvalue weighted by Gasteiger charge is -2.15. The minimum atomic E-state index is -5.08. The van der Waals surface area contributed by atoms with Crippen LogP contribution in [0.3, 0.4) is 0 Å². The maximum Gasteiger partial charge on any atom is 0.490 e. The predicted octanol–water partition coefficient (Wildman–Crippen LogP) is 3.36. The van der Waals surface area contributed by atoms with Gasteiger partial charge in [0, 0.05) is 37.3 Å². The first-order valence-electron chi connectivity index (χ1n) is 8.39. The second-order valence-corrected chi connectivity index (χ2v) is 7.18. The Morgan fingerprint density at radius 2 is 1.97 bits per heavy atom. The van der Waals surface area contributed by atoms with Gasteiger partial charge in [0.1, 0.15) is 11.3 Å². The van der Waals surface area contributed by atoms with E-state index in [-0.39, 0.29) is 5.91 Å². The Morgan fingerprint density at radius 1 is 1.31 bits per heavy atom. The largest absolute Gasteiger partial charge is 0.490 e. The first kappa shape index (κ1) is 22.3. The maximum absolute atomic E-state index is 12.5. The summed E-state index contributed by atoms with van der Waals surface area (Å²) in [5.41, 5.74) is 5.31. The number of amides is 1. The highest BCUT2D eigenvalue weighted by atomic mass is 32.1. The number of halogens is 3. The monoisotopic (exact) mass is 428 g/mol.